The molecule has 7 rings (SSSR count). The summed E-state index contributed by atoms with van der Waals surface area (Å²) in [5.41, 5.74) is 1.07. The van der Waals surface area contributed by atoms with Crippen LogP contribution in [0.25, 0.3) is 39.1 Å². The molecule has 3 atom stereocenters. The minimum Gasteiger partial charge on any atom is -0.443 e. The minimum absolute atomic E-state index is 0.00747. The number of primary amides is 1. The number of aliphatic hydroxyl groups excluding tert-OH is 1. The predicted octanol–water partition coefficient (Wildman–Crippen LogP) is 2.15. The van der Waals surface area contributed by atoms with Gasteiger partial charge >= 0.3 is 0 Å². The van der Waals surface area contributed by atoms with Gasteiger partial charge in [0.2, 0.25) is 23.6 Å². The highest BCUT2D eigenvalue weighted by atomic mass is 32.1. The fourth-order valence-electron chi connectivity index (χ4n) is 7.32. The zero-order valence-electron chi connectivity index (χ0n) is 46.8. The van der Waals surface area contributed by atoms with Crippen molar-refractivity contribution in [2.45, 2.75) is 59.4 Å². The number of ether oxygens (including phenoxy) is 1. The van der Waals surface area contributed by atoms with E-state index in [0.717, 1.165) is 28.9 Å². The van der Waals surface area contributed by atoms with Gasteiger partial charge in [0.25, 0.3) is 53.2 Å². The van der Waals surface area contributed by atoms with Crippen LogP contribution in [0.5, 0.6) is 0 Å². The number of methoxy groups -OCH3 is 1. The molecule has 87 heavy (non-hydrogen) atoms. The van der Waals surface area contributed by atoms with Crippen molar-refractivity contribution in [3.8, 4) is 22.0 Å². The third-order valence-electron chi connectivity index (χ3n) is 11.8. The fourth-order valence-corrected chi connectivity index (χ4v) is 8.97. The monoisotopic (exact) mass is 1230 g/mol. The van der Waals surface area contributed by atoms with E-state index in [0.29, 0.717) is 6.42 Å². The van der Waals surface area contributed by atoms with E-state index in [1.165, 1.54) is 62.9 Å². The number of rotatable bonds is 10. The van der Waals surface area contributed by atoms with Crippen molar-refractivity contribution in [2.75, 3.05) is 7.11 Å². The first-order chi connectivity index (χ1) is 41.2. The number of allylic oxidation sites excluding steroid dienone is 2. The number of hydrogen-bond donors (Lipinski definition) is 11. The minimum atomic E-state index is -1.65. The molecule has 3 unspecified atom stereocenters. The van der Waals surface area contributed by atoms with Crippen molar-refractivity contribution in [1.82, 2.24) is 77.8 Å². The molecule has 10 bridgehead atoms. The molecule has 31 nitrogen and oxygen atoms in total. The summed E-state index contributed by atoms with van der Waals surface area (Å²) in [6.45, 7) is 25.0. The van der Waals surface area contributed by atoms with E-state index >= 15 is 0 Å². The smallest absolute Gasteiger partial charge is 0.278 e. The first-order valence-corrected chi connectivity index (χ1v) is 26.9. The maximum Gasteiger partial charge on any atom is 0.278 e. The van der Waals surface area contributed by atoms with Crippen LogP contribution in [-0.4, -0.2) is 113 Å². The Bertz CT molecular complexity index is 3990. The summed E-state index contributed by atoms with van der Waals surface area (Å²) < 4.78 is 22.8. The van der Waals surface area contributed by atoms with Crippen molar-refractivity contribution in [3.63, 3.8) is 0 Å². The summed E-state index contributed by atoms with van der Waals surface area (Å²) in [6.07, 6.45) is 1.55. The number of amides is 10. The average Bonchev–Trinajstić information content (AvgIpc) is 2.86. The standard InChI is InChI=1S/C54H52N16O15S2/c1-12-14-31-51-69-37(27(10)85-51)48(81)70-52(82-11)54-66-33(19-87-54)44(77)62-29(13-2)50-68-36(26(9)84-50)47(80)59-23(6)42(75)60-24(7)49-64-32(17-83-49)38-28(53-65-34(18-86-53)45(78)67-35(25(8)71)46(79)63-31)15-16-30(61-38)43(76)58-22(5)41(74)57-21(4)40(73)56-20(3)39(55)72/h13-19,25,35,52,71H,3-7,12H2,1-2,8-11H3,(H2,55,72)(H,56,73)(H,57,74)(H,58,76)(H,59,80)(H,60,75)(H,62,77)(H,63,79)(H,67,78)(H,70,81)/b29-13-,31-14-. The maximum absolute atomic E-state index is 14.0. The number of pyridine rings is 1. The Kier molecular flexibility index (Phi) is 19.7. The van der Waals surface area contributed by atoms with Gasteiger partial charge in [0.05, 0.1) is 34.6 Å². The molecule has 0 radical (unpaired) electrons. The Morgan fingerprint density at radius 2 is 1.32 bits per heavy atom. The molecule has 0 saturated heterocycles. The molecular formula is C54H52N16O15S2. The number of fused-ring (bicyclic) bond motifs is 13. The highest BCUT2D eigenvalue weighted by molar-refractivity contribution is 7.13. The van der Waals surface area contributed by atoms with E-state index in [9.17, 15) is 53.1 Å². The van der Waals surface area contributed by atoms with Crippen LogP contribution in [0.4, 0.5) is 0 Å². The zero-order valence-corrected chi connectivity index (χ0v) is 48.4. The second-order valence-electron chi connectivity index (χ2n) is 18.1. The van der Waals surface area contributed by atoms with E-state index in [2.05, 4.69) is 105 Å². The fraction of sp³-hybridized carbons (Fsp3) is 0.185. The van der Waals surface area contributed by atoms with Crippen LogP contribution in [0, 0.1) is 13.8 Å². The first-order valence-electron chi connectivity index (χ1n) is 25.2. The number of thiazole rings is 2. The van der Waals surface area contributed by atoms with E-state index in [1.54, 1.807) is 13.8 Å². The van der Waals surface area contributed by atoms with E-state index < -0.39 is 100 Å². The Hall–Kier alpha value is -11.2. The van der Waals surface area contributed by atoms with E-state index in [1.807, 2.05) is 5.32 Å². The molecule has 0 fully saturated rings. The summed E-state index contributed by atoms with van der Waals surface area (Å²) >= 11 is 1.86. The average molecular weight is 1230 g/mol. The van der Waals surface area contributed by atoms with Crippen molar-refractivity contribution in [2.24, 2.45) is 5.73 Å². The molecule has 0 saturated carbocycles. The second-order valence-corrected chi connectivity index (χ2v) is 19.8. The second kappa shape index (κ2) is 27.0. The topological polar surface area (TPSA) is 451 Å². The highest BCUT2D eigenvalue weighted by Crippen LogP contribution is 2.34. The van der Waals surface area contributed by atoms with Crippen LogP contribution in [0.2, 0.25) is 0 Å². The number of nitrogens with zero attached hydrogens (tertiary/aromatic N) is 6. The van der Waals surface area contributed by atoms with Crippen LogP contribution in [0.1, 0.15) is 120 Å². The van der Waals surface area contributed by atoms with Gasteiger partial charge in [-0.1, -0.05) is 52.0 Å². The SMILES string of the molecule is C=C(NC(=O)C(=C)NC(=O)C(=C)NC(=O)c1ccc2c(n1)-c1coc(n1)C(=C)NC(=O)C(=C)NC(=O)c1nc(oc1C)/C(=C/C)NC(=O)c1csc(n1)C(OC)NC(=O)c1nc(oc1C)/C(=C/CC)NC(=O)C(C(C)O)NC(=O)c1csc-2n1)C(N)=O. The number of hydrogen-bond acceptors (Lipinski definition) is 23. The van der Waals surface area contributed by atoms with Gasteiger partial charge in [-0.3, -0.25) is 47.9 Å². The van der Waals surface area contributed by atoms with Gasteiger partial charge in [0.15, 0.2) is 17.6 Å². The highest BCUT2D eigenvalue weighted by Gasteiger charge is 2.32. The largest absolute Gasteiger partial charge is 0.443 e. The van der Waals surface area contributed by atoms with Crippen LogP contribution < -0.4 is 53.6 Å². The molecule has 7 heterocycles. The predicted molar refractivity (Wildman–Crippen MR) is 307 cm³/mol. The normalized spacial score (nSPS) is 16.7. The number of aliphatic hydroxyl groups is 1. The van der Waals surface area contributed by atoms with Gasteiger partial charge in [-0.25, -0.2) is 29.9 Å². The lowest BCUT2D eigenvalue weighted by molar-refractivity contribution is -0.124. The number of oxazole rings is 3. The van der Waals surface area contributed by atoms with Crippen LogP contribution in [-0.2, 0) is 28.7 Å². The van der Waals surface area contributed by atoms with Gasteiger partial charge in [0, 0.05) is 23.4 Å². The number of aromatic nitrogens is 6. The van der Waals surface area contributed by atoms with E-state index in [4.69, 9.17) is 23.7 Å². The van der Waals surface area contributed by atoms with Crippen LogP contribution in [0.15, 0.2) is 110 Å². The Labute approximate surface area is 499 Å². The Balaban J connectivity index is 1.22. The summed E-state index contributed by atoms with van der Waals surface area (Å²) in [4.78, 5) is 159. The quantitative estimate of drug-likeness (QED) is 0.0875. The molecule has 0 spiro atoms. The van der Waals surface area contributed by atoms with Gasteiger partial charge < -0.3 is 76.7 Å². The summed E-state index contributed by atoms with van der Waals surface area (Å²) in [5, 5.41) is 35.2. The Morgan fingerprint density at radius 3 is 1.95 bits per heavy atom. The van der Waals surface area contributed by atoms with Gasteiger partial charge in [0.1, 0.15) is 73.7 Å². The maximum atomic E-state index is 14.0. The van der Waals surface area contributed by atoms with E-state index in [-0.39, 0.29) is 102 Å². The number of carbonyl (C=O) groups is 10. The molecule has 12 N–H and O–H groups in total. The van der Waals surface area contributed by atoms with Crippen molar-refractivity contribution in [3.05, 3.63) is 160 Å². The number of nitrogens with one attached hydrogen (secondary N) is 9. The molecule has 33 heteroatoms. The number of nitrogens with two attached hydrogens (primary N) is 1. The van der Waals surface area contributed by atoms with Crippen LogP contribution in [0.3, 0.4) is 0 Å². The lowest BCUT2D eigenvalue weighted by Crippen LogP contribution is -2.52. The molecule has 10 amide bonds. The molecule has 450 valence electrons. The molecule has 0 aromatic carbocycles. The van der Waals surface area contributed by atoms with Crippen molar-refractivity contribution < 1.29 is 71.0 Å². The lowest BCUT2D eigenvalue weighted by Gasteiger charge is -2.20. The molecule has 1 aliphatic heterocycles. The molecule has 1 aliphatic rings. The molecule has 6 aromatic heterocycles. The first kappa shape index (κ1) is 63.4. The Morgan fingerprint density at radius 1 is 0.713 bits per heavy atom. The molecule has 6 aromatic rings. The van der Waals surface area contributed by atoms with Crippen molar-refractivity contribution >= 4 is 98.8 Å². The number of aryl methyl sites for hydroxylation is 2. The van der Waals surface area contributed by atoms with Crippen molar-refractivity contribution in [1.29, 1.82) is 0 Å². The molecular weight excluding hydrogens is 1180 g/mol. The summed E-state index contributed by atoms with van der Waals surface area (Å²) in [5.74, 6) is -10.5. The van der Waals surface area contributed by atoms with Gasteiger partial charge in [-0.2, -0.15) is 0 Å². The summed E-state index contributed by atoms with van der Waals surface area (Å²) in [6, 6.07) is 0.899. The van der Waals surface area contributed by atoms with Gasteiger partial charge in [-0.15, -0.1) is 22.7 Å². The number of carbonyl (C=O) groups excluding carboxylic acids is 10. The lowest BCUT2D eigenvalue weighted by atomic mass is 10.1. The summed E-state index contributed by atoms with van der Waals surface area (Å²) in [7, 11) is 1.28. The van der Waals surface area contributed by atoms with Gasteiger partial charge in [-0.05, 0) is 46.2 Å². The third-order valence-corrected chi connectivity index (χ3v) is 13.5. The third kappa shape index (κ3) is 14.8. The molecule has 0 aliphatic carbocycles. The van der Waals surface area contributed by atoms with Crippen LogP contribution >= 0.6 is 22.7 Å². The zero-order chi connectivity index (χ0) is 63.7.